The molecule has 3 nitrogen and oxygen atoms in total. The number of rotatable bonds is 5. The van der Waals surface area contributed by atoms with E-state index in [2.05, 4.69) is 27.3 Å². The average molecular weight is 269 g/mol. The number of thiocarbonyl (C=S) groups is 1. The highest BCUT2D eigenvalue weighted by molar-refractivity contribution is 7.80. The first kappa shape index (κ1) is 13.0. The van der Waals surface area contributed by atoms with Gasteiger partial charge < -0.3 is 10.6 Å². The van der Waals surface area contributed by atoms with E-state index in [1.165, 1.54) is 17.8 Å². The maximum Gasteiger partial charge on any atom is 0.0870 e. The normalized spacial score (nSPS) is 18.4. The van der Waals surface area contributed by atoms with Crippen LogP contribution in [0.4, 0.5) is 0 Å². The molecule has 0 amide bonds. The van der Waals surface area contributed by atoms with Crippen molar-refractivity contribution in [1.82, 2.24) is 9.80 Å². The van der Waals surface area contributed by atoms with Crippen LogP contribution >= 0.6 is 23.6 Å². The molecule has 2 heterocycles. The second-order valence-corrected chi connectivity index (χ2v) is 5.97. The van der Waals surface area contributed by atoms with Crippen molar-refractivity contribution >= 4 is 28.5 Å². The summed E-state index contributed by atoms with van der Waals surface area (Å²) in [6, 6.07) is 4.34. The van der Waals surface area contributed by atoms with Gasteiger partial charge in [-0.2, -0.15) is 0 Å². The van der Waals surface area contributed by atoms with Crippen molar-refractivity contribution < 1.29 is 0 Å². The SMILES string of the molecule is NC(=S)CN1CCN(CCc2cccs2)CC1. The summed E-state index contributed by atoms with van der Waals surface area (Å²) in [5, 5.41) is 2.15. The molecule has 0 aliphatic carbocycles. The molecule has 0 aromatic carbocycles. The van der Waals surface area contributed by atoms with Crippen LogP contribution in [-0.4, -0.2) is 54.1 Å². The summed E-state index contributed by atoms with van der Waals surface area (Å²) in [5.74, 6) is 0. The van der Waals surface area contributed by atoms with Gasteiger partial charge >= 0.3 is 0 Å². The van der Waals surface area contributed by atoms with Crippen LogP contribution in [-0.2, 0) is 6.42 Å². The Bertz CT molecular complexity index is 343. The Balaban J connectivity index is 1.67. The predicted molar refractivity (Wildman–Crippen MR) is 77.7 cm³/mol. The van der Waals surface area contributed by atoms with E-state index in [1.807, 2.05) is 11.3 Å². The summed E-state index contributed by atoms with van der Waals surface area (Å²) >= 11 is 6.78. The number of nitrogens with zero attached hydrogens (tertiary/aromatic N) is 2. The molecule has 1 aliphatic heterocycles. The van der Waals surface area contributed by atoms with Crippen molar-refractivity contribution in [2.24, 2.45) is 5.73 Å². The predicted octanol–water partition coefficient (Wildman–Crippen LogP) is 1.19. The van der Waals surface area contributed by atoms with Gasteiger partial charge in [-0.15, -0.1) is 11.3 Å². The van der Waals surface area contributed by atoms with Gasteiger partial charge in [-0.1, -0.05) is 18.3 Å². The maximum atomic E-state index is 5.56. The fourth-order valence-corrected chi connectivity index (χ4v) is 3.00. The van der Waals surface area contributed by atoms with Crippen LogP contribution in [0.15, 0.2) is 17.5 Å². The summed E-state index contributed by atoms with van der Waals surface area (Å²) in [6.07, 6.45) is 1.17. The molecule has 94 valence electrons. The Labute approximate surface area is 112 Å². The molecule has 1 aromatic heterocycles. The number of nitrogens with two attached hydrogens (primary N) is 1. The van der Waals surface area contributed by atoms with Crippen molar-refractivity contribution in [3.8, 4) is 0 Å². The highest BCUT2D eigenvalue weighted by Crippen LogP contribution is 2.10. The van der Waals surface area contributed by atoms with E-state index in [-0.39, 0.29) is 0 Å². The van der Waals surface area contributed by atoms with Crippen molar-refractivity contribution in [3.63, 3.8) is 0 Å². The Kier molecular flexibility index (Phi) is 4.91. The van der Waals surface area contributed by atoms with Gasteiger partial charge in [0.1, 0.15) is 0 Å². The van der Waals surface area contributed by atoms with Crippen LogP contribution in [0.5, 0.6) is 0 Å². The molecule has 0 bridgehead atoms. The van der Waals surface area contributed by atoms with Crippen molar-refractivity contribution in [3.05, 3.63) is 22.4 Å². The molecule has 17 heavy (non-hydrogen) atoms. The molecule has 1 saturated heterocycles. The standard InChI is InChI=1S/C12H19N3S2/c13-12(16)10-15-7-5-14(6-8-15)4-3-11-2-1-9-17-11/h1-2,9H,3-8,10H2,(H2,13,16). The number of hydrogen-bond donors (Lipinski definition) is 1. The Morgan fingerprint density at radius 1 is 1.29 bits per heavy atom. The van der Waals surface area contributed by atoms with E-state index >= 15 is 0 Å². The van der Waals surface area contributed by atoms with Crippen LogP contribution in [0.1, 0.15) is 4.88 Å². The van der Waals surface area contributed by atoms with Crippen molar-refractivity contribution in [2.45, 2.75) is 6.42 Å². The lowest BCUT2D eigenvalue weighted by atomic mass is 10.2. The highest BCUT2D eigenvalue weighted by atomic mass is 32.1. The quantitative estimate of drug-likeness (QED) is 0.814. The second kappa shape index (κ2) is 6.44. The monoisotopic (exact) mass is 269 g/mol. The van der Waals surface area contributed by atoms with E-state index in [9.17, 15) is 0 Å². The van der Waals surface area contributed by atoms with E-state index in [0.717, 1.165) is 32.7 Å². The first-order chi connectivity index (χ1) is 8.24. The fourth-order valence-electron chi connectivity index (χ4n) is 2.11. The number of piperazine rings is 1. The van der Waals surface area contributed by atoms with Gasteiger partial charge in [0.25, 0.3) is 0 Å². The highest BCUT2D eigenvalue weighted by Gasteiger charge is 2.16. The van der Waals surface area contributed by atoms with E-state index in [4.69, 9.17) is 18.0 Å². The zero-order chi connectivity index (χ0) is 12.1. The zero-order valence-corrected chi connectivity index (χ0v) is 11.6. The molecule has 0 spiro atoms. The molecule has 0 atom stereocenters. The van der Waals surface area contributed by atoms with Crippen molar-refractivity contribution in [2.75, 3.05) is 39.3 Å². The van der Waals surface area contributed by atoms with Crippen LogP contribution in [0.25, 0.3) is 0 Å². The smallest absolute Gasteiger partial charge is 0.0870 e. The average Bonchev–Trinajstić information content (AvgIpc) is 2.80. The Morgan fingerprint density at radius 3 is 2.59 bits per heavy atom. The van der Waals surface area contributed by atoms with Gasteiger partial charge in [0.2, 0.25) is 0 Å². The Hall–Kier alpha value is -0.490. The van der Waals surface area contributed by atoms with Crippen LogP contribution in [0, 0.1) is 0 Å². The molecule has 1 aromatic rings. The van der Waals surface area contributed by atoms with Gasteiger partial charge in [-0.25, -0.2) is 0 Å². The molecular weight excluding hydrogens is 250 g/mol. The van der Waals surface area contributed by atoms with Gasteiger partial charge in [0.05, 0.1) is 4.99 Å². The summed E-state index contributed by atoms with van der Waals surface area (Å²) in [5.41, 5.74) is 5.56. The van der Waals surface area contributed by atoms with Gasteiger partial charge in [0.15, 0.2) is 0 Å². The minimum atomic E-state index is 0.608. The molecule has 2 N–H and O–H groups in total. The van der Waals surface area contributed by atoms with Crippen LogP contribution in [0.3, 0.4) is 0 Å². The molecule has 1 aliphatic rings. The topological polar surface area (TPSA) is 32.5 Å². The third kappa shape index (κ3) is 4.35. The largest absolute Gasteiger partial charge is 0.392 e. The van der Waals surface area contributed by atoms with E-state index in [1.54, 1.807) is 0 Å². The van der Waals surface area contributed by atoms with E-state index in [0.29, 0.717) is 4.99 Å². The Morgan fingerprint density at radius 2 is 2.00 bits per heavy atom. The molecule has 1 fully saturated rings. The lowest BCUT2D eigenvalue weighted by Gasteiger charge is -2.34. The van der Waals surface area contributed by atoms with Gasteiger partial charge in [0, 0.05) is 44.1 Å². The van der Waals surface area contributed by atoms with Crippen LogP contribution < -0.4 is 5.73 Å². The molecular formula is C12H19N3S2. The zero-order valence-electron chi connectivity index (χ0n) is 9.97. The molecule has 0 saturated carbocycles. The first-order valence-corrected chi connectivity index (χ1v) is 7.28. The minimum Gasteiger partial charge on any atom is -0.392 e. The van der Waals surface area contributed by atoms with Crippen molar-refractivity contribution in [1.29, 1.82) is 0 Å². The van der Waals surface area contributed by atoms with Gasteiger partial charge in [-0.3, -0.25) is 4.90 Å². The summed E-state index contributed by atoms with van der Waals surface area (Å²) < 4.78 is 0. The van der Waals surface area contributed by atoms with Gasteiger partial charge in [-0.05, 0) is 17.9 Å². The molecule has 5 heteroatoms. The van der Waals surface area contributed by atoms with E-state index < -0.39 is 0 Å². The first-order valence-electron chi connectivity index (χ1n) is 5.99. The third-order valence-corrected chi connectivity index (χ3v) is 4.16. The maximum absolute atomic E-state index is 5.56. The summed E-state index contributed by atoms with van der Waals surface area (Å²) in [6.45, 7) is 6.38. The molecule has 0 radical (unpaired) electrons. The summed E-state index contributed by atoms with van der Waals surface area (Å²) in [7, 11) is 0. The number of thiophene rings is 1. The lowest BCUT2D eigenvalue weighted by Crippen LogP contribution is -2.48. The molecule has 0 unspecified atom stereocenters. The van der Waals surface area contributed by atoms with Crippen LogP contribution in [0.2, 0.25) is 0 Å². The third-order valence-electron chi connectivity index (χ3n) is 3.10. The summed E-state index contributed by atoms with van der Waals surface area (Å²) in [4.78, 5) is 6.95. The minimum absolute atomic E-state index is 0.608. The number of hydrogen-bond acceptors (Lipinski definition) is 4. The second-order valence-electron chi connectivity index (χ2n) is 4.41. The lowest BCUT2D eigenvalue weighted by molar-refractivity contribution is 0.147. The molecule has 2 rings (SSSR count). The fraction of sp³-hybridized carbons (Fsp3) is 0.583.